The van der Waals surface area contributed by atoms with Gasteiger partial charge in [0.15, 0.2) is 5.96 Å². The lowest BCUT2D eigenvalue weighted by Gasteiger charge is -2.30. The van der Waals surface area contributed by atoms with E-state index >= 15 is 0 Å². The van der Waals surface area contributed by atoms with Gasteiger partial charge < -0.3 is 16.0 Å². The number of likely N-dealkylation sites (tertiary alicyclic amines) is 1. The summed E-state index contributed by atoms with van der Waals surface area (Å²) in [6.07, 6.45) is 10.2. The molecule has 3 N–H and O–H groups in total. The second-order valence-electron chi connectivity index (χ2n) is 6.49. The van der Waals surface area contributed by atoms with Crippen molar-refractivity contribution in [3.63, 3.8) is 0 Å². The van der Waals surface area contributed by atoms with E-state index in [0.717, 1.165) is 25.4 Å². The van der Waals surface area contributed by atoms with Crippen LogP contribution in [0.5, 0.6) is 0 Å². The monoisotopic (exact) mass is 424 g/mol. The number of nitrogens with one attached hydrogen (secondary N) is 1. The molecular weight excluding hydrogens is 387 g/mol. The molecule has 5 heteroatoms. The van der Waals surface area contributed by atoms with Gasteiger partial charge in [-0.15, -0.1) is 24.0 Å². The van der Waals surface area contributed by atoms with Crippen LogP contribution in [0.3, 0.4) is 0 Å². The second-order valence-corrected chi connectivity index (χ2v) is 6.49. The topological polar surface area (TPSA) is 53.6 Å². The Bertz CT molecular complexity index is 276. The first kappa shape index (κ1) is 22.0. The highest BCUT2D eigenvalue weighted by molar-refractivity contribution is 14.0. The molecule has 0 aromatic heterocycles. The average molecular weight is 424 g/mol. The second kappa shape index (κ2) is 14.5. The maximum atomic E-state index is 5.86. The SMILES string of the molecule is CCCCCCN=C(N)NCCCCN1CCC(C)CC1.I. The summed E-state index contributed by atoms with van der Waals surface area (Å²) in [6.45, 7) is 10.2. The van der Waals surface area contributed by atoms with Gasteiger partial charge in [-0.2, -0.15) is 0 Å². The summed E-state index contributed by atoms with van der Waals surface area (Å²) in [7, 11) is 0. The first-order valence-corrected chi connectivity index (χ1v) is 8.98. The van der Waals surface area contributed by atoms with Gasteiger partial charge in [0.25, 0.3) is 0 Å². The first-order chi connectivity index (χ1) is 10.2. The van der Waals surface area contributed by atoms with E-state index in [4.69, 9.17) is 5.73 Å². The quantitative estimate of drug-likeness (QED) is 0.244. The van der Waals surface area contributed by atoms with E-state index in [1.54, 1.807) is 0 Å². The van der Waals surface area contributed by atoms with E-state index < -0.39 is 0 Å². The lowest BCUT2D eigenvalue weighted by Crippen LogP contribution is -2.35. The van der Waals surface area contributed by atoms with Crippen molar-refractivity contribution in [1.29, 1.82) is 0 Å². The zero-order valence-corrected chi connectivity index (χ0v) is 17.0. The lowest BCUT2D eigenvalue weighted by molar-refractivity contribution is 0.189. The molecule has 0 unspecified atom stereocenters. The van der Waals surface area contributed by atoms with E-state index in [0.29, 0.717) is 5.96 Å². The third kappa shape index (κ3) is 11.5. The summed E-state index contributed by atoms with van der Waals surface area (Å²) < 4.78 is 0. The highest BCUT2D eigenvalue weighted by atomic mass is 127. The third-order valence-corrected chi connectivity index (χ3v) is 4.38. The van der Waals surface area contributed by atoms with Crippen LogP contribution >= 0.6 is 24.0 Å². The molecule has 0 aliphatic carbocycles. The molecule has 4 nitrogen and oxygen atoms in total. The summed E-state index contributed by atoms with van der Waals surface area (Å²) >= 11 is 0. The van der Waals surface area contributed by atoms with Gasteiger partial charge in [-0.3, -0.25) is 4.99 Å². The van der Waals surface area contributed by atoms with Crippen molar-refractivity contribution >= 4 is 29.9 Å². The van der Waals surface area contributed by atoms with Crippen molar-refractivity contribution in [3.05, 3.63) is 0 Å². The molecule has 0 spiro atoms. The molecule has 132 valence electrons. The minimum atomic E-state index is 0. The van der Waals surface area contributed by atoms with Crippen LogP contribution in [0.2, 0.25) is 0 Å². The van der Waals surface area contributed by atoms with Crippen molar-refractivity contribution in [1.82, 2.24) is 10.2 Å². The zero-order chi connectivity index (χ0) is 15.3. The number of unbranched alkanes of at least 4 members (excludes halogenated alkanes) is 4. The third-order valence-electron chi connectivity index (χ3n) is 4.38. The largest absolute Gasteiger partial charge is 0.370 e. The average Bonchev–Trinajstić information content (AvgIpc) is 2.48. The number of nitrogens with zero attached hydrogens (tertiary/aromatic N) is 2. The van der Waals surface area contributed by atoms with Crippen molar-refractivity contribution in [2.75, 3.05) is 32.7 Å². The van der Waals surface area contributed by atoms with Gasteiger partial charge in [-0.25, -0.2) is 0 Å². The number of rotatable bonds is 10. The lowest BCUT2D eigenvalue weighted by atomic mass is 9.99. The summed E-state index contributed by atoms with van der Waals surface area (Å²) in [5, 5.41) is 3.23. The van der Waals surface area contributed by atoms with Crippen LogP contribution in [0.25, 0.3) is 0 Å². The Balaban J connectivity index is 0.00000441. The number of guanidine groups is 1. The fraction of sp³-hybridized carbons (Fsp3) is 0.941. The predicted octanol–water partition coefficient (Wildman–Crippen LogP) is 3.60. The van der Waals surface area contributed by atoms with Gasteiger partial charge >= 0.3 is 0 Å². The maximum Gasteiger partial charge on any atom is 0.188 e. The van der Waals surface area contributed by atoms with Gasteiger partial charge in [0, 0.05) is 13.1 Å². The number of halogens is 1. The van der Waals surface area contributed by atoms with Crippen molar-refractivity contribution < 1.29 is 0 Å². The van der Waals surface area contributed by atoms with Gasteiger partial charge in [-0.1, -0.05) is 33.1 Å². The molecule has 0 atom stereocenters. The van der Waals surface area contributed by atoms with Crippen LogP contribution in [0.1, 0.15) is 65.2 Å². The van der Waals surface area contributed by atoms with E-state index in [2.05, 4.69) is 29.1 Å². The fourth-order valence-corrected chi connectivity index (χ4v) is 2.76. The Hall–Kier alpha value is -0.0400. The minimum Gasteiger partial charge on any atom is -0.370 e. The van der Waals surface area contributed by atoms with Crippen molar-refractivity contribution in [2.24, 2.45) is 16.6 Å². The Labute approximate surface area is 154 Å². The molecule has 0 saturated carbocycles. The first-order valence-electron chi connectivity index (χ1n) is 8.98. The zero-order valence-electron chi connectivity index (χ0n) is 14.6. The summed E-state index contributed by atoms with van der Waals surface area (Å²) in [5.41, 5.74) is 5.86. The molecule has 0 radical (unpaired) electrons. The predicted molar refractivity (Wildman–Crippen MR) is 108 cm³/mol. The van der Waals surface area contributed by atoms with Crippen molar-refractivity contribution in [3.8, 4) is 0 Å². The summed E-state index contributed by atoms with van der Waals surface area (Å²) in [6, 6.07) is 0. The van der Waals surface area contributed by atoms with Crippen LogP contribution in [0, 0.1) is 5.92 Å². The molecule has 1 aliphatic heterocycles. The van der Waals surface area contributed by atoms with Crippen LogP contribution in [-0.4, -0.2) is 43.6 Å². The maximum absolute atomic E-state index is 5.86. The van der Waals surface area contributed by atoms with Gasteiger partial charge in [0.2, 0.25) is 0 Å². The molecule has 1 saturated heterocycles. The Morgan fingerprint density at radius 2 is 1.86 bits per heavy atom. The van der Waals surface area contributed by atoms with E-state index in [1.165, 1.54) is 64.6 Å². The number of piperidine rings is 1. The van der Waals surface area contributed by atoms with E-state index in [-0.39, 0.29) is 24.0 Å². The van der Waals surface area contributed by atoms with Crippen LogP contribution < -0.4 is 11.1 Å². The summed E-state index contributed by atoms with van der Waals surface area (Å²) in [5.74, 6) is 1.55. The molecule has 1 aliphatic rings. The Morgan fingerprint density at radius 1 is 1.14 bits per heavy atom. The fourth-order valence-electron chi connectivity index (χ4n) is 2.76. The number of hydrogen-bond donors (Lipinski definition) is 2. The Kier molecular flexibility index (Phi) is 14.5. The van der Waals surface area contributed by atoms with E-state index in [9.17, 15) is 0 Å². The molecule has 0 amide bonds. The molecule has 0 aromatic rings. The molecule has 1 rings (SSSR count). The number of nitrogens with two attached hydrogens (primary N) is 1. The van der Waals surface area contributed by atoms with Gasteiger partial charge in [0.1, 0.15) is 0 Å². The minimum absolute atomic E-state index is 0. The molecule has 0 bridgehead atoms. The number of hydrogen-bond acceptors (Lipinski definition) is 2. The van der Waals surface area contributed by atoms with E-state index in [1.807, 2.05) is 0 Å². The molecule has 0 aromatic carbocycles. The van der Waals surface area contributed by atoms with Crippen LogP contribution in [-0.2, 0) is 0 Å². The molecule has 1 heterocycles. The smallest absolute Gasteiger partial charge is 0.188 e. The standard InChI is InChI=1S/C17H36N4.HI/c1-3-4-5-6-11-19-17(18)20-12-7-8-13-21-14-9-16(2)10-15-21;/h16H,3-15H2,1-2H3,(H3,18,19,20);1H. The van der Waals surface area contributed by atoms with Crippen LogP contribution in [0.15, 0.2) is 4.99 Å². The van der Waals surface area contributed by atoms with Gasteiger partial charge in [0.05, 0.1) is 0 Å². The molecule has 1 fully saturated rings. The van der Waals surface area contributed by atoms with Gasteiger partial charge in [-0.05, 0) is 57.7 Å². The highest BCUT2D eigenvalue weighted by Crippen LogP contribution is 2.15. The summed E-state index contributed by atoms with van der Waals surface area (Å²) in [4.78, 5) is 6.97. The van der Waals surface area contributed by atoms with Crippen LogP contribution in [0.4, 0.5) is 0 Å². The highest BCUT2D eigenvalue weighted by Gasteiger charge is 2.14. The molecule has 22 heavy (non-hydrogen) atoms. The number of aliphatic imine (C=N–C) groups is 1. The Morgan fingerprint density at radius 3 is 2.55 bits per heavy atom. The normalized spacial score (nSPS) is 17.3. The van der Waals surface area contributed by atoms with Crippen molar-refractivity contribution in [2.45, 2.75) is 65.2 Å². The molecular formula is C17H37IN4.